The molecule has 4 amide bonds. The predicted octanol–water partition coefficient (Wildman–Crippen LogP) is 21.8. The summed E-state index contributed by atoms with van der Waals surface area (Å²) in [7, 11) is 1.24. The van der Waals surface area contributed by atoms with Crippen molar-refractivity contribution in [3.8, 4) is 0 Å². The summed E-state index contributed by atoms with van der Waals surface area (Å²) in [5.74, 6) is -23.3. The summed E-state index contributed by atoms with van der Waals surface area (Å²) in [5, 5.41) is 99.9. The lowest BCUT2D eigenvalue weighted by molar-refractivity contribution is -0.161. The van der Waals surface area contributed by atoms with E-state index in [1.54, 1.807) is 48.5 Å². The van der Waals surface area contributed by atoms with E-state index in [0.29, 0.717) is 11.3 Å². The molecule has 3 aliphatic carbocycles. The van der Waals surface area contributed by atoms with Crippen LogP contribution in [0.3, 0.4) is 0 Å². The Morgan fingerprint density at radius 3 is 1.08 bits per heavy atom. The standard InChI is InChI=1S/C14H25NO3.C12H21NO3.C12H20O4.C9H11NO4.C9H14O6.C8H14O4.C8H12O4.C7H12O4.C6H10O4.18CH4.H2/c1-5-14(3,4)13(18)15-10-8-6-7-9(2)11(10)12(16)17;1-8(9(2)12(15)16)11(14)13-10-6-4-3-5-7-10;1-8(11(13)14)9(2)12(15)16-10-6-4-3-5-7-10;1-4-5(2)8(12)10(7(4)11)6(3)9(13)14;1-5(8(12)13)6(2)9(14)15-4-3-7(10)11;2*1-3-6(2)12-8(11)5-4-7(9)10;1-4(6(8)9)5(2)7(10)11-3;1-3(5(7)8)4(2)6(9)10;;;;;;;;;;;;;;;;;;;/h9-11H,5-8H2,1-4H3,(H,15,18)(H,16,17);8-10H,3-7H2,1-2H3,(H,13,14)(H,15,16);8-10H,3-7H2,1-2H3,(H,13,14);4-5H,3H2,1-2H3,(H,13,14);5-6H,3-4H2,1-2H3,(H,10,11)(H,12,13);6H,3-5H2,1-2H3,(H,9,10);4-6H,3H2,1-2H3,(H,9,10);4-5H,1-3H3,(H,8,9);3-4H,1-2H3,(H,7,8)(H,9,10);18*1H4;1H/b;;;;;;5-4+;;;;;;;;;;;;;;;;;;;;;. The van der Waals surface area contributed by atoms with Gasteiger partial charge in [-0.3, -0.25) is 81.5 Å². The fraction of sp³-hybridized carbons (Fsp3) is 0.767. The van der Waals surface area contributed by atoms with Gasteiger partial charge in [-0.25, -0.2) is 19.3 Å². The summed E-state index contributed by atoms with van der Waals surface area (Å²) in [6.07, 6.45) is 16.6. The smallest absolute Gasteiger partial charge is 0.352 e. The van der Waals surface area contributed by atoms with E-state index in [2.05, 4.69) is 26.7 Å². The molecule has 856 valence electrons. The fourth-order valence-electron chi connectivity index (χ4n) is 10.6. The largest absolute Gasteiger partial charge is 0.481 e. The van der Waals surface area contributed by atoms with Crippen molar-refractivity contribution in [1.82, 2.24) is 15.5 Å². The third kappa shape index (κ3) is 80.6. The highest BCUT2D eigenvalue weighted by molar-refractivity contribution is 6.10. The highest BCUT2D eigenvalue weighted by Crippen LogP contribution is 2.33. The van der Waals surface area contributed by atoms with Gasteiger partial charge < -0.3 is 90.5 Å². The van der Waals surface area contributed by atoms with Crippen LogP contribution in [0.2, 0.25) is 0 Å². The molecule has 17 atom stereocenters. The van der Waals surface area contributed by atoms with Crippen LogP contribution in [0, 0.1) is 88.3 Å². The molecule has 1 saturated heterocycles. The number of carbonyl (C=O) groups is 20. The Morgan fingerprint density at radius 2 is 0.761 bits per heavy atom. The molecular formula is C103H213N3O36. The molecule has 0 aromatic rings. The summed E-state index contributed by atoms with van der Waals surface area (Å²) in [6, 6.07) is 0.0364. The van der Waals surface area contributed by atoms with Gasteiger partial charge in [0.25, 0.3) is 0 Å². The van der Waals surface area contributed by atoms with Gasteiger partial charge in [-0.1, -0.05) is 297 Å². The third-order valence-electron chi connectivity index (χ3n) is 21.7. The molecule has 0 aromatic heterocycles. The maximum absolute atomic E-state index is 12.1. The van der Waals surface area contributed by atoms with Gasteiger partial charge in [0.15, 0.2) is 0 Å². The molecule has 17 unspecified atom stereocenters. The molecule has 39 heteroatoms. The maximum atomic E-state index is 12.1. The van der Waals surface area contributed by atoms with Crippen LogP contribution in [0.15, 0.2) is 24.4 Å². The minimum Gasteiger partial charge on any atom is -0.481 e. The van der Waals surface area contributed by atoms with E-state index in [0.717, 1.165) is 95.6 Å². The summed E-state index contributed by atoms with van der Waals surface area (Å²) in [5.41, 5.74) is -0.903. The number of carboxylic acids is 11. The summed E-state index contributed by atoms with van der Waals surface area (Å²) in [6.45, 7) is 36.2. The van der Waals surface area contributed by atoms with Gasteiger partial charge in [0.2, 0.25) is 23.6 Å². The number of imide groups is 1. The lowest BCUT2D eigenvalue weighted by atomic mass is 9.76. The molecule has 4 fully saturated rings. The van der Waals surface area contributed by atoms with Crippen LogP contribution in [-0.4, -0.2) is 224 Å². The molecule has 4 rings (SSSR count). The van der Waals surface area contributed by atoms with Crippen molar-refractivity contribution in [2.24, 2.45) is 88.3 Å². The second-order valence-corrected chi connectivity index (χ2v) is 31.7. The van der Waals surface area contributed by atoms with Crippen LogP contribution in [0.4, 0.5) is 0 Å². The molecule has 1 aliphatic heterocycles. The fourth-order valence-corrected chi connectivity index (χ4v) is 10.6. The van der Waals surface area contributed by atoms with Crippen LogP contribution in [-0.2, 0) is 120 Å². The monoisotopic (exact) mass is 2070 g/mol. The van der Waals surface area contributed by atoms with Crippen LogP contribution in [0.5, 0.6) is 0 Å². The summed E-state index contributed by atoms with van der Waals surface area (Å²) in [4.78, 5) is 217. The van der Waals surface area contributed by atoms with Crippen molar-refractivity contribution in [3.05, 3.63) is 24.4 Å². The Balaban J connectivity index is -0.0000000500. The second kappa shape index (κ2) is 100. The van der Waals surface area contributed by atoms with E-state index < -0.39 is 189 Å². The number of likely N-dealkylation sites (tertiary alicyclic amines) is 1. The van der Waals surface area contributed by atoms with Gasteiger partial charge in [0.1, 0.15) is 18.4 Å². The Labute approximate surface area is 859 Å². The Kier molecular flexibility index (Phi) is 134. The first kappa shape index (κ1) is 190. The Bertz CT molecular complexity index is 3450. The topological polar surface area (TPSA) is 637 Å². The molecule has 0 radical (unpaired) electrons. The van der Waals surface area contributed by atoms with Gasteiger partial charge in [-0.2, -0.15) is 0 Å². The number of ether oxygens (including phenoxy) is 5. The van der Waals surface area contributed by atoms with Crippen molar-refractivity contribution in [3.63, 3.8) is 0 Å². The molecule has 0 aromatic carbocycles. The zero-order chi connectivity index (χ0) is 97.7. The van der Waals surface area contributed by atoms with Crippen molar-refractivity contribution in [1.29, 1.82) is 0 Å². The van der Waals surface area contributed by atoms with Crippen molar-refractivity contribution < 1.29 is 177 Å². The van der Waals surface area contributed by atoms with Crippen molar-refractivity contribution in [2.45, 2.75) is 425 Å². The lowest BCUT2D eigenvalue weighted by Gasteiger charge is -2.36. The molecule has 13 N–H and O–H groups in total. The zero-order valence-electron chi connectivity index (χ0n) is 75.5. The zero-order valence-corrected chi connectivity index (χ0v) is 75.5. The quantitative estimate of drug-likeness (QED) is 0.0121. The number of aliphatic carboxylic acids is 11. The molecule has 0 spiro atoms. The molecular weight excluding hydrogens is 1860 g/mol. The Hall–Kier alpha value is -10.9. The predicted molar refractivity (Wildman–Crippen MR) is 566 cm³/mol. The van der Waals surface area contributed by atoms with E-state index in [4.69, 9.17) is 65.3 Å². The molecule has 142 heavy (non-hydrogen) atoms. The normalized spacial score (nSPS) is 16.9. The number of carboxylic acid groups (broad SMARTS) is 11. The Morgan fingerprint density at radius 1 is 0.423 bits per heavy atom. The van der Waals surface area contributed by atoms with E-state index in [9.17, 15) is 101 Å². The van der Waals surface area contributed by atoms with Gasteiger partial charge in [0.05, 0.1) is 97.8 Å². The van der Waals surface area contributed by atoms with Gasteiger partial charge in [0, 0.05) is 48.8 Å². The van der Waals surface area contributed by atoms with Crippen molar-refractivity contribution in [2.75, 3.05) is 13.7 Å². The minimum absolute atomic E-state index is 0. The summed E-state index contributed by atoms with van der Waals surface area (Å²) < 4.78 is 23.9. The first-order chi connectivity index (χ1) is 57.1. The number of amides is 4. The first-order valence-electron chi connectivity index (χ1n) is 41.4. The average molecular weight is 2070 g/mol. The van der Waals surface area contributed by atoms with Gasteiger partial charge >= 0.3 is 95.5 Å². The minimum atomic E-state index is -1.35. The number of esters is 5. The van der Waals surface area contributed by atoms with E-state index in [1.807, 2.05) is 41.5 Å². The van der Waals surface area contributed by atoms with Crippen molar-refractivity contribution >= 4 is 119 Å². The van der Waals surface area contributed by atoms with Crippen LogP contribution < -0.4 is 10.6 Å². The third-order valence-corrected chi connectivity index (χ3v) is 21.7. The highest BCUT2D eigenvalue weighted by atomic mass is 16.6. The van der Waals surface area contributed by atoms with Crippen LogP contribution >= 0.6 is 0 Å². The number of hydrogen-bond acceptors (Lipinski definition) is 25. The average Bonchev–Trinajstić information content (AvgIpc) is 1.64. The van der Waals surface area contributed by atoms with Gasteiger partial charge in [-0.15, -0.1) is 0 Å². The number of nitrogens with zero attached hydrogens (tertiary/aromatic N) is 1. The molecule has 39 nitrogen and oxygen atoms in total. The number of methoxy groups -OCH3 is 1. The summed E-state index contributed by atoms with van der Waals surface area (Å²) >= 11 is 0. The number of hydrogen-bond donors (Lipinski definition) is 13. The molecule has 3 saturated carbocycles. The second-order valence-electron chi connectivity index (χ2n) is 31.7. The van der Waals surface area contributed by atoms with Crippen LogP contribution in [0.1, 0.15) is 396 Å². The molecule has 1 heterocycles. The first-order valence-corrected chi connectivity index (χ1v) is 41.4. The number of rotatable bonds is 35. The highest BCUT2D eigenvalue weighted by Gasteiger charge is 2.45. The molecule has 4 aliphatic rings. The number of nitrogens with one attached hydrogen (secondary N) is 2. The van der Waals surface area contributed by atoms with E-state index >= 15 is 0 Å². The van der Waals surface area contributed by atoms with E-state index in [1.165, 1.54) is 68.4 Å². The molecule has 0 bridgehead atoms. The lowest BCUT2D eigenvalue weighted by Crippen LogP contribution is -2.51. The van der Waals surface area contributed by atoms with Crippen LogP contribution in [0.25, 0.3) is 0 Å². The maximum Gasteiger partial charge on any atom is 0.352 e. The number of carbonyl (C=O) groups excluding carboxylic acids is 9. The SMILES string of the molecule is C.C.C.C.C.C.C.C.C.C.C.C.C.C.C.C.C.C.C=C(C(=O)O)N1C(=O)C(C)C(C)C1=O.CC(C(=O)O)C(C)C(=O)NC1CCCCC1.CC(C(=O)O)C(C)C(=O)O.CC(C(=O)O)C(C)C(=O)OC1CCCCC1.CC(C(=O)O)C(C)C(=O)OCCC(=O)O.CCC(C)(C)C(=O)NC1CCCC(C)C1C(=O)O.CCC(C)OC(=O)/C=C/C(=O)O.CCC(C)OC(=O)CCC(=O)O.COC(=O)C(C)C(C)C(=O)O.[HH]. The van der Waals surface area contributed by atoms with E-state index in [-0.39, 0.29) is 215 Å². The van der Waals surface area contributed by atoms with Gasteiger partial charge in [-0.05, 0) is 90.4 Å².